The number of hydrogen-bond acceptors (Lipinski definition) is 7. The minimum atomic E-state index is -4.89. The van der Waals surface area contributed by atoms with Crippen LogP contribution in [0.25, 0.3) is 11.4 Å². The van der Waals surface area contributed by atoms with Crippen LogP contribution in [0.15, 0.2) is 28.8 Å². The van der Waals surface area contributed by atoms with Crippen molar-refractivity contribution < 1.29 is 31.5 Å². The van der Waals surface area contributed by atoms with Gasteiger partial charge in [0.2, 0.25) is 17.7 Å². The quantitative estimate of drug-likeness (QED) is 0.500. The summed E-state index contributed by atoms with van der Waals surface area (Å²) in [7, 11) is 1.30. The molecule has 0 aliphatic carbocycles. The smallest absolute Gasteiger partial charge is 0.417 e. The summed E-state index contributed by atoms with van der Waals surface area (Å²) in [4.78, 5) is 22.7. The van der Waals surface area contributed by atoms with E-state index in [1.54, 1.807) is 6.92 Å². The van der Waals surface area contributed by atoms with Crippen LogP contribution in [0.3, 0.4) is 0 Å². The third-order valence-corrected chi connectivity index (χ3v) is 6.64. The number of hydrogen-bond donors (Lipinski definition) is 1. The maximum atomic E-state index is 14.9. The molecule has 3 aromatic rings. The predicted molar refractivity (Wildman–Crippen MR) is 117 cm³/mol. The van der Waals surface area contributed by atoms with E-state index in [2.05, 4.69) is 32.4 Å². The normalized spacial score (nSPS) is 23.2. The Kier molecular flexibility index (Phi) is 5.60. The fourth-order valence-electron chi connectivity index (χ4n) is 5.28. The second-order valence-electron chi connectivity index (χ2n) is 9.16. The molecule has 3 atom stereocenters. The average Bonchev–Trinajstić information content (AvgIpc) is 3.25. The third kappa shape index (κ3) is 3.91. The van der Waals surface area contributed by atoms with Crippen LogP contribution >= 0.6 is 0 Å². The number of benzene rings is 1. The van der Waals surface area contributed by atoms with E-state index < -0.39 is 40.4 Å². The summed E-state index contributed by atoms with van der Waals surface area (Å²) in [6.07, 6.45) is -1.78. The van der Waals surface area contributed by atoms with Crippen LogP contribution in [0, 0.1) is 18.7 Å². The first-order valence-corrected chi connectivity index (χ1v) is 11.2. The van der Waals surface area contributed by atoms with Crippen molar-refractivity contribution >= 4 is 11.7 Å². The van der Waals surface area contributed by atoms with Gasteiger partial charge in [-0.3, -0.25) is 0 Å². The van der Waals surface area contributed by atoms with Crippen LogP contribution in [0.5, 0.6) is 5.88 Å². The number of alkyl halides is 3. The van der Waals surface area contributed by atoms with Crippen LogP contribution in [0.2, 0.25) is 0 Å². The fourth-order valence-corrected chi connectivity index (χ4v) is 5.28. The van der Waals surface area contributed by atoms with Gasteiger partial charge in [0.1, 0.15) is 11.4 Å². The molecule has 2 aliphatic heterocycles. The van der Waals surface area contributed by atoms with E-state index in [1.807, 2.05) is 0 Å². The maximum Gasteiger partial charge on any atom is 0.417 e. The van der Waals surface area contributed by atoms with Gasteiger partial charge in [0, 0.05) is 37.2 Å². The van der Waals surface area contributed by atoms with Gasteiger partial charge in [-0.05, 0) is 30.9 Å². The number of rotatable bonds is 4. The van der Waals surface area contributed by atoms with Gasteiger partial charge in [-0.15, -0.1) is 10.2 Å². The molecule has 2 amide bonds. The number of carbonyl (C=O) groups excluding carboxylic acids is 1. The molecule has 5 rings (SSSR count). The van der Waals surface area contributed by atoms with Gasteiger partial charge in [0.25, 0.3) is 0 Å². The number of nitrogens with one attached hydrogen (secondary N) is 1. The molecule has 3 unspecified atom stereocenters. The van der Waals surface area contributed by atoms with E-state index >= 15 is 0 Å². The SMILES string of the molecule is COc1ccnc(-c2cc(NC(=O)N3C4CC(C)CC3(c3nnc(C)o3)C4)c(F)cc2C(F)(F)F)n1. The number of urea groups is 1. The molecular formula is C23H22F4N6O3. The predicted octanol–water partition coefficient (Wildman–Crippen LogP) is 4.93. The highest BCUT2D eigenvalue weighted by molar-refractivity contribution is 5.92. The summed E-state index contributed by atoms with van der Waals surface area (Å²) < 4.78 is 66.8. The molecule has 190 valence electrons. The van der Waals surface area contributed by atoms with Gasteiger partial charge >= 0.3 is 12.2 Å². The van der Waals surface area contributed by atoms with Gasteiger partial charge in [0.05, 0.1) is 18.4 Å². The van der Waals surface area contributed by atoms with Crippen molar-refractivity contribution in [1.29, 1.82) is 0 Å². The second-order valence-corrected chi connectivity index (χ2v) is 9.16. The number of ether oxygens (including phenoxy) is 1. The Balaban J connectivity index is 1.51. The van der Waals surface area contributed by atoms with Crippen molar-refractivity contribution in [2.45, 2.75) is 50.9 Å². The zero-order chi connectivity index (χ0) is 25.8. The minimum absolute atomic E-state index is 0.0300. The molecule has 2 saturated heterocycles. The molecule has 0 radical (unpaired) electrons. The molecule has 2 bridgehead atoms. The van der Waals surface area contributed by atoms with Crippen LogP contribution in [-0.4, -0.2) is 44.2 Å². The van der Waals surface area contributed by atoms with Crippen LogP contribution in [-0.2, 0) is 11.7 Å². The molecule has 1 aromatic carbocycles. The van der Waals surface area contributed by atoms with E-state index in [1.165, 1.54) is 24.3 Å². The van der Waals surface area contributed by atoms with Crippen molar-refractivity contribution in [3.63, 3.8) is 0 Å². The van der Waals surface area contributed by atoms with Gasteiger partial charge in [-0.2, -0.15) is 18.2 Å². The van der Waals surface area contributed by atoms with E-state index in [-0.39, 0.29) is 29.6 Å². The molecule has 2 aliphatic rings. The summed E-state index contributed by atoms with van der Waals surface area (Å²) in [6.45, 7) is 3.69. The van der Waals surface area contributed by atoms with Gasteiger partial charge in [-0.25, -0.2) is 14.2 Å². The highest BCUT2D eigenvalue weighted by Gasteiger charge is 2.62. The number of methoxy groups -OCH3 is 1. The number of halogens is 4. The molecule has 9 nitrogen and oxygen atoms in total. The highest BCUT2D eigenvalue weighted by atomic mass is 19.4. The van der Waals surface area contributed by atoms with E-state index in [0.29, 0.717) is 24.8 Å². The summed E-state index contributed by atoms with van der Waals surface area (Å²) in [5.41, 5.74) is -3.07. The number of carbonyl (C=O) groups is 1. The van der Waals surface area contributed by atoms with Crippen LogP contribution < -0.4 is 10.1 Å². The average molecular weight is 506 g/mol. The molecule has 0 saturated carbocycles. The number of aromatic nitrogens is 4. The lowest BCUT2D eigenvalue weighted by Gasteiger charge is -2.61. The van der Waals surface area contributed by atoms with Crippen molar-refractivity contribution in [3.8, 4) is 17.3 Å². The number of aryl methyl sites for hydroxylation is 1. The number of piperidine rings is 1. The van der Waals surface area contributed by atoms with Crippen molar-refractivity contribution in [2.75, 3.05) is 12.4 Å². The first kappa shape index (κ1) is 23.9. The Morgan fingerprint density at radius 1 is 1.28 bits per heavy atom. The van der Waals surface area contributed by atoms with Gasteiger partial charge < -0.3 is 19.4 Å². The summed E-state index contributed by atoms with van der Waals surface area (Å²) in [6, 6.07) is 1.74. The molecule has 13 heteroatoms. The Bertz CT molecular complexity index is 1330. The molecule has 0 spiro atoms. The summed E-state index contributed by atoms with van der Waals surface area (Å²) in [5.74, 6) is -0.634. The highest BCUT2D eigenvalue weighted by Crippen LogP contribution is 2.55. The first-order chi connectivity index (χ1) is 17.0. The second kappa shape index (κ2) is 8.42. The Hall–Kier alpha value is -3.77. The van der Waals surface area contributed by atoms with Crippen molar-refractivity contribution in [1.82, 2.24) is 25.1 Å². The summed E-state index contributed by atoms with van der Waals surface area (Å²) >= 11 is 0. The lowest BCUT2D eigenvalue weighted by molar-refractivity contribution is -0.137. The van der Waals surface area contributed by atoms with E-state index in [4.69, 9.17) is 9.15 Å². The molecule has 2 aromatic heterocycles. The Labute approximate surface area is 202 Å². The number of nitrogens with zero attached hydrogens (tertiary/aromatic N) is 5. The summed E-state index contributed by atoms with van der Waals surface area (Å²) in [5, 5.41) is 10.4. The zero-order valence-corrected chi connectivity index (χ0v) is 19.6. The maximum absolute atomic E-state index is 14.9. The minimum Gasteiger partial charge on any atom is -0.481 e. The number of anilines is 1. The molecule has 2 fully saturated rings. The number of fused-ring (bicyclic) bond motifs is 2. The standard InChI is InChI=1S/C23H22F4N6O3/c1-11-6-13-10-22(9-11,20-32-31-12(2)36-20)33(13)21(34)29-17-7-14(15(8-16(17)24)23(25,26)27)19-28-5-4-18(30-19)35-3/h4-5,7-8,11,13H,6,9-10H2,1-3H3,(H,29,34). The topological polar surface area (TPSA) is 106 Å². The molecular weight excluding hydrogens is 484 g/mol. The molecule has 1 N–H and O–H groups in total. The largest absolute Gasteiger partial charge is 0.481 e. The fraction of sp³-hybridized carbons (Fsp3) is 0.435. The third-order valence-electron chi connectivity index (χ3n) is 6.64. The Morgan fingerprint density at radius 3 is 2.72 bits per heavy atom. The van der Waals surface area contributed by atoms with Crippen LogP contribution in [0.1, 0.15) is 43.5 Å². The van der Waals surface area contributed by atoms with Crippen molar-refractivity contribution in [2.24, 2.45) is 5.92 Å². The monoisotopic (exact) mass is 506 g/mol. The number of amides is 2. The molecule has 36 heavy (non-hydrogen) atoms. The van der Waals surface area contributed by atoms with Gasteiger partial charge in [0.15, 0.2) is 5.82 Å². The zero-order valence-electron chi connectivity index (χ0n) is 19.6. The van der Waals surface area contributed by atoms with Crippen molar-refractivity contribution in [3.05, 3.63) is 47.6 Å². The van der Waals surface area contributed by atoms with E-state index in [0.717, 1.165) is 12.5 Å². The lowest BCUT2D eigenvalue weighted by Crippen LogP contribution is -2.70. The van der Waals surface area contributed by atoms with E-state index in [9.17, 15) is 22.4 Å². The Morgan fingerprint density at radius 2 is 2.06 bits per heavy atom. The first-order valence-electron chi connectivity index (χ1n) is 11.2. The van der Waals surface area contributed by atoms with Crippen LogP contribution in [0.4, 0.5) is 28.0 Å². The lowest BCUT2D eigenvalue weighted by atomic mass is 9.64. The van der Waals surface area contributed by atoms with Gasteiger partial charge in [-0.1, -0.05) is 6.92 Å². The molecule has 4 heterocycles.